The standard InChI is InChI=1S/C17H20F3N5S/c1-11-21-13(10-26-11)9-24-4-6-25(7-5-24)15-8-14(17(18,19)20)22-16(23-15)12-2-3-12/h8,10,12H,2-7,9H2,1H3. The molecule has 0 bridgehead atoms. The van der Waals surface area contributed by atoms with Gasteiger partial charge in [-0.25, -0.2) is 15.0 Å². The predicted molar refractivity (Wildman–Crippen MR) is 93.4 cm³/mol. The molecule has 1 aliphatic carbocycles. The molecule has 0 amide bonds. The molecule has 0 aromatic carbocycles. The second-order valence-corrected chi connectivity index (χ2v) is 7.92. The van der Waals surface area contributed by atoms with Gasteiger partial charge < -0.3 is 4.90 Å². The molecule has 26 heavy (non-hydrogen) atoms. The highest BCUT2D eigenvalue weighted by atomic mass is 32.1. The molecule has 1 saturated heterocycles. The highest BCUT2D eigenvalue weighted by Crippen LogP contribution is 2.40. The van der Waals surface area contributed by atoms with E-state index < -0.39 is 11.9 Å². The van der Waals surface area contributed by atoms with Crippen LogP contribution in [0.3, 0.4) is 0 Å². The number of rotatable bonds is 4. The highest BCUT2D eigenvalue weighted by Gasteiger charge is 2.37. The van der Waals surface area contributed by atoms with E-state index in [1.165, 1.54) is 0 Å². The number of anilines is 1. The van der Waals surface area contributed by atoms with Crippen LogP contribution in [0, 0.1) is 6.92 Å². The predicted octanol–water partition coefficient (Wildman–Crippen LogP) is 3.46. The Hall–Kier alpha value is -1.74. The molecule has 9 heteroatoms. The van der Waals surface area contributed by atoms with Crippen molar-refractivity contribution in [1.29, 1.82) is 0 Å². The van der Waals surface area contributed by atoms with Gasteiger partial charge in [0.25, 0.3) is 0 Å². The number of piperazine rings is 1. The monoisotopic (exact) mass is 383 g/mol. The molecule has 140 valence electrons. The smallest absolute Gasteiger partial charge is 0.354 e. The van der Waals surface area contributed by atoms with Crippen molar-refractivity contribution in [2.75, 3.05) is 31.1 Å². The summed E-state index contributed by atoms with van der Waals surface area (Å²) in [7, 11) is 0. The van der Waals surface area contributed by atoms with Crippen LogP contribution in [0.15, 0.2) is 11.4 Å². The van der Waals surface area contributed by atoms with Gasteiger partial charge in [-0.2, -0.15) is 13.2 Å². The Morgan fingerprint density at radius 3 is 2.42 bits per heavy atom. The van der Waals surface area contributed by atoms with E-state index in [-0.39, 0.29) is 5.92 Å². The van der Waals surface area contributed by atoms with Gasteiger partial charge in [0.15, 0.2) is 0 Å². The zero-order valence-corrected chi connectivity index (χ0v) is 15.3. The Labute approximate surface area is 153 Å². The number of halogens is 3. The quantitative estimate of drug-likeness (QED) is 0.809. The molecule has 1 aliphatic heterocycles. The van der Waals surface area contributed by atoms with E-state index in [4.69, 9.17) is 0 Å². The van der Waals surface area contributed by atoms with E-state index in [0.29, 0.717) is 24.7 Å². The molecule has 5 nitrogen and oxygen atoms in total. The molecule has 2 aromatic rings. The fourth-order valence-corrected chi connectivity index (χ4v) is 3.73. The summed E-state index contributed by atoms with van der Waals surface area (Å²) in [6.45, 7) is 5.63. The van der Waals surface area contributed by atoms with E-state index in [9.17, 15) is 13.2 Å². The van der Waals surface area contributed by atoms with Gasteiger partial charge in [0, 0.05) is 50.1 Å². The first-order valence-electron chi connectivity index (χ1n) is 8.73. The minimum Gasteiger partial charge on any atom is -0.354 e. The normalized spacial score (nSPS) is 19.2. The topological polar surface area (TPSA) is 45.2 Å². The van der Waals surface area contributed by atoms with Gasteiger partial charge in [0.05, 0.1) is 10.7 Å². The molecule has 0 spiro atoms. The van der Waals surface area contributed by atoms with Gasteiger partial charge in [-0.3, -0.25) is 4.90 Å². The Morgan fingerprint density at radius 1 is 1.12 bits per heavy atom. The third-order valence-electron chi connectivity index (χ3n) is 4.71. The molecule has 0 N–H and O–H groups in total. The molecule has 4 rings (SSSR count). The number of nitrogens with zero attached hydrogens (tertiary/aromatic N) is 5. The molecule has 0 radical (unpaired) electrons. The fourth-order valence-electron chi connectivity index (χ4n) is 3.13. The molecular weight excluding hydrogens is 363 g/mol. The summed E-state index contributed by atoms with van der Waals surface area (Å²) in [6.07, 6.45) is -2.69. The van der Waals surface area contributed by atoms with Crippen LogP contribution < -0.4 is 4.90 Å². The van der Waals surface area contributed by atoms with Gasteiger partial charge in [-0.15, -0.1) is 11.3 Å². The molecule has 0 unspecified atom stereocenters. The van der Waals surface area contributed by atoms with E-state index in [1.54, 1.807) is 11.3 Å². The second kappa shape index (κ2) is 6.77. The maximum absolute atomic E-state index is 13.2. The van der Waals surface area contributed by atoms with Crippen molar-refractivity contribution in [2.45, 2.75) is 38.4 Å². The van der Waals surface area contributed by atoms with Gasteiger partial charge in [0.2, 0.25) is 0 Å². The van der Waals surface area contributed by atoms with Crippen LogP contribution in [0.25, 0.3) is 0 Å². The average Bonchev–Trinajstić information content (AvgIpc) is 3.38. The Morgan fingerprint density at radius 2 is 1.85 bits per heavy atom. The third-order valence-corrected chi connectivity index (χ3v) is 5.53. The molecule has 1 saturated carbocycles. The number of alkyl halides is 3. The SMILES string of the molecule is Cc1nc(CN2CCN(c3cc(C(F)(F)F)nc(C4CC4)n3)CC2)cs1. The lowest BCUT2D eigenvalue weighted by Gasteiger charge is -2.35. The molecule has 0 atom stereocenters. The van der Waals surface area contributed by atoms with Crippen LogP contribution in [0.5, 0.6) is 0 Å². The highest BCUT2D eigenvalue weighted by molar-refractivity contribution is 7.09. The summed E-state index contributed by atoms with van der Waals surface area (Å²) in [6, 6.07) is 1.09. The molecular formula is C17H20F3N5S. The van der Waals surface area contributed by atoms with Gasteiger partial charge in [-0.05, 0) is 19.8 Å². The number of hydrogen-bond donors (Lipinski definition) is 0. The van der Waals surface area contributed by atoms with E-state index in [1.807, 2.05) is 11.8 Å². The summed E-state index contributed by atoms with van der Waals surface area (Å²) in [5.41, 5.74) is 0.225. The maximum Gasteiger partial charge on any atom is 0.433 e. The van der Waals surface area contributed by atoms with Crippen molar-refractivity contribution in [3.05, 3.63) is 33.7 Å². The molecule has 3 heterocycles. The lowest BCUT2D eigenvalue weighted by Crippen LogP contribution is -2.46. The first kappa shape index (κ1) is 17.7. The molecule has 2 aliphatic rings. The van der Waals surface area contributed by atoms with Gasteiger partial charge in [0.1, 0.15) is 17.3 Å². The summed E-state index contributed by atoms with van der Waals surface area (Å²) in [4.78, 5) is 16.9. The van der Waals surface area contributed by atoms with Crippen LogP contribution in [0.1, 0.15) is 41.0 Å². The fraction of sp³-hybridized carbons (Fsp3) is 0.588. The summed E-state index contributed by atoms with van der Waals surface area (Å²) in [5.74, 6) is 0.832. The van der Waals surface area contributed by atoms with Crippen molar-refractivity contribution in [1.82, 2.24) is 19.9 Å². The largest absolute Gasteiger partial charge is 0.433 e. The second-order valence-electron chi connectivity index (χ2n) is 6.86. The zero-order chi connectivity index (χ0) is 18.3. The van der Waals surface area contributed by atoms with Crippen molar-refractivity contribution in [3.63, 3.8) is 0 Å². The van der Waals surface area contributed by atoms with Gasteiger partial charge in [-0.1, -0.05) is 0 Å². The van der Waals surface area contributed by atoms with Crippen LogP contribution >= 0.6 is 11.3 Å². The van der Waals surface area contributed by atoms with E-state index >= 15 is 0 Å². The summed E-state index contributed by atoms with van der Waals surface area (Å²) in [5, 5.41) is 3.11. The van der Waals surface area contributed by atoms with Crippen molar-refractivity contribution < 1.29 is 13.2 Å². The molecule has 2 fully saturated rings. The van der Waals surface area contributed by atoms with Crippen LogP contribution in [0.2, 0.25) is 0 Å². The first-order valence-corrected chi connectivity index (χ1v) is 9.61. The van der Waals surface area contributed by atoms with Crippen LogP contribution in [-0.2, 0) is 12.7 Å². The first-order chi connectivity index (χ1) is 12.4. The number of aromatic nitrogens is 3. The lowest BCUT2D eigenvalue weighted by molar-refractivity contribution is -0.141. The number of aryl methyl sites for hydroxylation is 1. The minimum absolute atomic E-state index is 0.0882. The van der Waals surface area contributed by atoms with Gasteiger partial charge >= 0.3 is 6.18 Å². The Balaban J connectivity index is 1.46. The Bertz CT molecular complexity index is 779. The van der Waals surface area contributed by atoms with Crippen molar-refractivity contribution in [2.24, 2.45) is 0 Å². The maximum atomic E-state index is 13.2. The van der Waals surface area contributed by atoms with Crippen molar-refractivity contribution >= 4 is 17.2 Å². The summed E-state index contributed by atoms with van der Waals surface area (Å²) >= 11 is 1.63. The number of hydrogen-bond acceptors (Lipinski definition) is 6. The number of thiazole rings is 1. The van der Waals surface area contributed by atoms with Crippen molar-refractivity contribution in [3.8, 4) is 0 Å². The molecule has 2 aromatic heterocycles. The Kier molecular flexibility index (Phi) is 4.60. The zero-order valence-electron chi connectivity index (χ0n) is 14.5. The van der Waals surface area contributed by atoms with E-state index in [2.05, 4.69) is 25.2 Å². The van der Waals surface area contributed by atoms with Crippen LogP contribution in [-0.4, -0.2) is 46.0 Å². The summed E-state index contributed by atoms with van der Waals surface area (Å²) < 4.78 is 39.5. The van der Waals surface area contributed by atoms with E-state index in [0.717, 1.165) is 49.2 Å². The minimum atomic E-state index is -4.44. The van der Waals surface area contributed by atoms with Crippen LogP contribution in [0.4, 0.5) is 19.0 Å². The third kappa shape index (κ3) is 3.98. The lowest BCUT2D eigenvalue weighted by atomic mass is 10.2. The average molecular weight is 383 g/mol.